The molecule has 2 rings (SSSR count). The molecule has 0 atom stereocenters. The SMILES string of the molecule is O=C(/C=C\c1ccccc1)NCCCNC(=O)/C=C/c1ccccc1. The molecular weight excluding hydrogens is 312 g/mol. The van der Waals surface area contributed by atoms with Gasteiger partial charge in [-0.3, -0.25) is 9.59 Å². The van der Waals surface area contributed by atoms with Gasteiger partial charge in [0.15, 0.2) is 0 Å². The van der Waals surface area contributed by atoms with E-state index in [4.69, 9.17) is 0 Å². The molecule has 2 amide bonds. The van der Waals surface area contributed by atoms with E-state index in [0.29, 0.717) is 19.5 Å². The molecule has 4 heteroatoms. The number of hydrogen-bond acceptors (Lipinski definition) is 2. The zero-order chi connectivity index (χ0) is 17.7. The quantitative estimate of drug-likeness (QED) is 0.576. The monoisotopic (exact) mass is 334 g/mol. The van der Waals surface area contributed by atoms with Crippen LogP contribution in [-0.2, 0) is 9.59 Å². The molecule has 0 bridgehead atoms. The lowest BCUT2D eigenvalue weighted by Crippen LogP contribution is -2.28. The van der Waals surface area contributed by atoms with Gasteiger partial charge < -0.3 is 10.6 Å². The van der Waals surface area contributed by atoms with Gasteiger partial charge in [-0.05, 0) is 29.7 Å². The Morgan fingerprint density at radius 1 is 0.680 bits per heavy atom. The van der Waals surface area contributed by atoms with Crippen LogP contribution in [0.15, 0.2) is 72.8 Å². The van der Waals surface area contributed by atoms with Crippen molar-refractivity contribution in [2.45, 2.75) is 6.42 Å². The van der Waals surface area contributed by atoms with E-state index in [9.17, 15) is 9.59 Å². The van der Waals surface area contributed by atoms with Gasteiger partial charge in [-0.25, -0.2) is 0 Å². The summed E-state index contributed by atoms with van der Waals surface area (Å²) in [6.07, 6.45) is 7.24. The van der Waals surface area contributed by atoms with Gasteiger partial charge in [-0.15, -0.1) is 0 Å². The van der Waals surface area contributed by atoms with Crippen LogP contribution < -0.4 is 10.6 Å². The van der Waals surface area contributed by atoms with Crippen molar-refractivity contribution < 1.29 is 9.59 Å². The maximum absolute atomic E-state index is 11.7. The lowest BCUT2D eigenvalue weighted by atomic mass is 10.2. The van der Waals surface area contributed by atoms with Crippen LogP contribution in [0, 0.1) is 0 Å². The van der Waals surface area contributed by atoms with Crippen LogP contribution in [-0.4, -0.2) is 24.9 Å². The third-order valence-corrected chi connectivity index (χ3v) is 3.41. The van der Waals surface area contributed by atoms with E-state index >= 15 is 0 Å². The Kier molecular flexibility index (Phi) is 7.72. The smallest absolute Gasteiger partial charge is 0.244 e. The molecule has 2 aromatic rings. The highest BCUT2D eigenvalue weighted by atomic mass is 16.2. The summed E-state index contributed by atoms with van der Waals surface area (Å²) >= 11 is 0. The van der Waals surface area contributed by atoms with Crippen molar-refractivity contribution >= 4 is 24.0 Å². The lowest BCUT2D eigenvalue weighted by Gasteiger charge is -2.03. The van der Waals surface area contributed by atoms with E-state index in [1.54, 1.807) is 12.2 Å². The first kappa shape index (κ1) is 18.2. The summed E-state index contributed by atoms with van der Waals surface area (Å²) in [5, 5.41) is 5.58. The standard InChI is InChI=1S/C21H22N2O2/c24-20(14-12-18-8-3-1-4-9-18)22-16-7-17-23-21(25)15-13-19-10-5-2-6-11-19/h1-6,8-15H,7,16-17H2,(H,22,24)(H,23,25)/b14-12-,15-13+. The molecule has 0 fully saturated rings. The first-order valence-electron chi connectivity index (χ1n) is 8.26. The Hall–Kier alpha value is -3.14. The van der Waals surface area contributed by atoms with Crippen molar-refractivity contribution in [3.63, 3.8) is 0 Å². The second-order valence-corrected chi connectivity index (χ2v) is 5.42. The van der Waals surface area contributed by atoms with Gasteiger partial charge in [0.1, 0.15) is 0 Å². The third-order valence-electron chi connectivity index (χ3n) is 3.41. The van der Waals surface area contributed by atoms with Crippen molar-refractivity contribution in [1.29, 1.82) is 0 Å². The molecule has 0 radical (unpaired) electrons. The molecule has 128 valence electrons. The average Bonchev–Trinajstić information content (AvgIpc) is 2.66. The van der Waals surface area contributed by atoms with Crippen LogP contribution >= 0.6 is 0 Å². The highest BCUT2D eigenvalue weighted by Gasteiger charge is 1.97. The molecule has 2 N–H and O–H groups in total. The molecule has 0 unspecified atom stereocenters. The predicted octanol–water partition coefficient (Wildman–Crippen LogP) is 3.04. The van der Waals surface area contributed by atoms with Gasteiger partial charge in [0, 0.05) is 25.2 Å². The molecule has 0 aliphatic heterocycles. The topological polar surface area (TPSA) is 58.2 Å². The Morgan fingerprint density at radius 2 is 1.08 bits per heavy atom. The van der Waals surface area contributed by atoms with Gasteiger partial charge in [0.2, 0.25) is 11.8 Å². The van der Waals surface area contributed by atoms with Gasteiger partial charge in [0.25, 0.3) is 0 Å². The minimum atomic E-state index is -0.140. The zero-order valence-corrected chi connectivity index (χ0v) is 14.0. The fraction of sp³-hybridized carbons (Fsp3) is 0.143. The first-order chi connectivity index (χ1) is 12.2. The van der Waals surface area contributed by atoms with E-state index in [0.717, 1.165) is 11.1 Å². The fourth-order valence-electron chi connectivity index (χ4n) is 2.10. The highest BCUT2D eigenvalue weighted by molar-refractivity contribution is 5.92. The molecule has 0 aromatic heterocycles. The van der Waals surface area contributed by atoms with E-state index in [1.165, 1.54) is 12.2 Å². The number of nitrogens with one attached hydrogen (secondary N) is 2. The van der Waals surface area contributed by atoms with Crippen LogP contribution in [0.5, 0.6) is 0 Å². The van der Waals surface area contributed by atoms with E-state index in [1.807, 2.05) is 60.7 Å². The molecule has 2 aromatic carbocycles. The molecule has 0 saturated heterocycles. The van der Waals surface area contributed by atoms with Crippen LogP contribution in [0.1, 0.15) is 17.5 Å². The van der Waals surface area contributed by atoms with Crippen LogP contribution in [0.4, 0.5) is 0 Å². The lowest BCUT2D eigenvalue weighted by molar-refractivity contribution is -0.116. The molecule has 0 aliphatic carbocycles. The van der Waals surface area contributed by atoms with E-state index in [2.05, 4.69) is 10.6 Å². The van der Waals surface area contributed by atoms with Crippen molar-refractivity contribution in [3.8, 4) is 0 Å². The van der Waals surface area contributed by atoms with Crippen LogP contribution in [0.3, 0.4) is 0 Å². The predicted molar refractivity (Wildman–Crippen MR) is 102 cm³/mol. The Morgan fingerprint density at radius 3 is 1.48 bits per heavy atom. The van der Waals surface area contributed by atoms with E-state index < -0.39 is 0 Å². The molecular formula is C21H22N2O2. The Labute approximate surface area is 148 Å². The molecule has 0 spiro atoms. The van der Waals surface area contributed by atoms with Crippen molar-refractivity contribution in [2.24, 2.45) is 0 Å². The summed E-state index contributed by atoms with van der Waals surface area (Å²) in [7, 11) is 0. The second kappa shape index (κ2) is 10.6. The minimum absolute atomic E-state index is 0.140. The molecule has 25 heavy (non-hydrogen) atoms. The number of amides is 2. The van der Waals surface area contributed by atoms with Crippen LogP contribution in [0.2, 0.25) is 0 Å². The number of hydrogen-bond donors (Lipinski definition) is 2. The summed E-state index contributed by atoms with van der Waals surface area (Å²) in [6.45, 7) is 1.03. The first-order valence-corrected chi connectivity index (χ1v) is 8.26. The summed E-state index contributed by atoms with van der Waals surface area (Å²) in [6, 6.07) is 19.3. The summed E-state index contributed by atoms with van der Waals surface area (Å²) in [5.41, 5.74) is 1.96. The highest BCUT2D eigenvalue weighted by Crippen LogP contribution is 2.01. The second-order valence-electron chi connectivity index (χ2n) is 5.42. The normalized spacial score (nSPS) is 10.9. The van der Waals surface area contributed by atoms with Crippen molar-refractivity contribution in [2.75, 3.05) is 13.1 Å². The van der Waals surface area contributed by atoms with Gasteiger partial charge in [-0.1, -0.05) is 60.7 Å². The molecule has 0 heterocycles. The summed E-state index contributed by atoms with van der Waals surface area (Å²) in [4.78, 5) is 23.4. The van der Waals surface area contributed by atoms with Gasteiger partial charge >= 0.3 is 0 Å². The molecule has 4 nitrogen and oxygen atoms in total. The zero-order valence-electron chi connectivity index (χ0n) is 14.0. The van der Waals surface area contributed by atoms with E-state index in [-0.39, 0.29) is 11.8 Å². The number of benzene rings is 2. The number of rotatable bonds is 8. The Balaban J connectivity index is 1.58. The average molecular weight is 334 g/mol. The van der Waals surface area contributed by atoms with Gasteiger partial charge in [-0.2, -0.15) is 0 Å². The maximum Gasteiger partial charge on any atom is 0.244 e. The number of carbonyl (C=O) groups excluding carboxylic acids is 2. The maximum atomic E-state index is 11.7. The fourth-order valence-corrected chi connectivity index (χ4v) is 2.10. The molecule has 0 aliphatic rings. The van der Waals surface area contributed by atoms with Crippen LogP contribution in [0.25, 0.3) is 12.2 Å². The largest absolute Gasteiger partial charge is 0.352 e. The van der Waals surface area contributed by atoms with Crippen molar-refractivity contribution in [1.82, 2.24) is 10.6 Å². The summed E-state index contributed by atoms with van der Waals surface area (Å²) < 4.78 is 0. The molecule has 0 saturated carbocycles. The van der Waals surface area contributed by atoms with Gasteiger partial charge in [0.05, 0.1) is 0 Å². The summed E-state index contributed by atoms with van der Waals surface area (Å²) in [5.74, 6) is -0.279. The third kappa shape index (κ3) is 7.79. The van der Waals surface area contributed by atoms with Crippen molar-refractivity contribution in [3.05, 3.63) is 83.9 Å². The number of carbonyl (C=O) groups is 2. The Bertz CT molecular complexity index is 659. The minimum Gasteiger partial charge on any atom is -0.352 e.